The van der Waals surface area contributed by atoms with Crippen molar-refractivity contribution in [2.45, 2.75) is 19.0 Å². The van der Waals surface area contributed by atoms with Crippen LogP contribution in [0.5, 0.6) is 0 Å². The Morgan fingerprint density at radius 2 is 2.04 bits per heavy atom. The van der Waals surface area contributed by atoms with E-state index in [4.69, 9.17) is 0 Å². The Bertz CT molecular complexity index is 1130. The van der Waals surface area contributed by atoms with Crippen LogP contribution >= 0.6 is 11.8 Å². The second-order valence-corrected chi connectivity index (χ2v) is 6.87. The van der Waals surface area contributed by atoms with Crippen LogP contribution < -0.4 is 5.32 Å². The topological polar surface area (TPSA) is 77.1 Å². The SMILES string of the molecule is CSc1nc(C(=O)Nc2ccc(-n3nc(C)cc3C)nc2)c2ccccn12. The second kappa shape index (κ2) is 6.88. The number of nitrogens with zero attached hydrogens (tertiary/aromatic N) is 5. The highest BCUT2D eigenvalue weighted by atomic mass is 32.2. The van der Waals surface area contributed by atoms with Crippen LogP contribution in [-0.4, -0.2) is 36.3 Å². The third kappa shape index (κ3) is 3.19. The highest BCUT2D eigenvalue weighted by molar-refractivity contribution is 7.98. The Hall–Kier alpha value is -3.13. The summed E-state index contributed by atoms with van der Waals surface area (Å²) >= 11 is 1.50. The summed E-state index contributed by atoms with van der Waals surface area (Å²) in [5.74, 6) is 0.440. The number of nitrogens with one attached hydrogen (secondary N) is 1. The number of aromatic nitrogens is 5. The summed E-state index contributed by atoms with van der Waals surface area (Å²) in [5, 5.41) is 8.06. The lowest BCUT2D eigenvalue weighted by molar-refractivity contribution is 0.102. The van der Waals surface area contributed by atoms with Gasteiger partial charge in [0, 0.05) is 11.9 Å². The number of anilines is 1. The van der Waals surface area contributed by atoms with Crippen LogP contribution in [0.4, 0.5) is 5.69 Å². The van der Waals surface area contributed by atoms with Gasteiger partial charge < -0.3 is 5.32 Å². The minimum Gasteiger partial charge on any atom is -0.319 e. The normalized spacial score (nSPS) is 11.1. The summed E-state index contributed by atoms with van der Waals surface area (Å²) in [6.45, 7) is 3.92. The number of fused-ring (bicyclic) bond motifs is 1. The molecule has 0 aromatic carbocycles. The summed E-state index contributed by atoms with van der Waals surface area (Å²) in [6.07, 6.45) is 5.46. The lowest BCUT2D eigenvalue weighted by Gasteiger charge is -2.06. The van der Waals surface area contributed by atoms with Gasteiger partial charge in [0.25, 0.3) is 5.91 Å². The molecule has 4 rings (SSSR count). The second-order valence-electron chi connectivity index (χ2n) is 6.10. The van der Waals surface area contributed by atoms with Crippen LogP contribution in [0.1, 0.15) is 21.9 Å². The zero-order chi connectivity index (χ0) is 19.0. The quantitative estimate of drug-likeness (QED) is 0.550. The standard InChI is InChI=1S/C19H18N6OS/c1-12-10-13(2)25(23-12)16-8-7-14(11-20-16)21-18(26)17-15-6-4-5-9-24(15)19(22-17)27-3/h4-11H,1-3H3,(H,21,26). The van der Waals surface area contributed by atoms with E-state index in [-0.39, 0.29) is 5.91 Å². The van der Waals surface area contributed by atoms with Gasteiger partial charge in [0.2, 0.25) is 0 Å². The van der Waals surface area contributed by atoms with E-state index in [1.807, 2.05) is 67.1 Å². The number of carbonyl (C=O) groups excluding carboxylic acids is 1. The van der Waals surface area contributed by atoms with Crippen LogP contribution in [0.15, 0.2) is 53.9 Å². The molecule has 0 saturated carbocycles. The monoisotopic (exact) mass is 378 g/mol. The van der Waals surface area contributed by atoms with Gasteiger partial charge in [0.05, 0.1) is 23.1 Å². The number of imidazole rings is 1. The summed E-state index contributed by atoms with van der Waals surface area (Å²) in [7, 11) is 0. The molecule has 1 N–H and O–H groups in total. The predicted molar refractivity (Wildman–Crippen MR) is 106 cm³/mol. The summed E-state index contributed by atoms with van der Waals surface area (Å²) < 4.78 is 3.68. The highest BCUT2D eigenvalue weighted by Gasteiger charge is 2.17. The third-order valence-electron chi connectivity index (χ3n) is 4.15. The van der Waals surface area contributed by atoms with Crippen LogP contribution in [0.3, 0.4) is 0 Å². The Labute approximate surface area is 160 Å². The van der Waals surface area contributed by atoms with Crippen molar-refractivity contribution in [2.75, 3.05) is 11.6 Å². The minimum absolute atomic E-state index is 0.264. The predicted octanol–water partition coefficient (Wildman–Crippen LogP) is 3.51. The maximum absolute atomic E-state index is 12.7. The Balaban J connectivity index is 1.59. The molecule has 0 atom stereocenters. The zero-order valence-electron chi connectivity index (χ0n) is 15.2. The molecule has 7 nitrogen and oxygen atoms in total. The largest absolute Gasteiger partial charge is 0.319 e. The molecule has 136 valence electrons. The summed E-state index contributed by atoms with van der Waals surface area (Å²) in [4.78, 5) is 21.6. The van der Waals surface area contributed by atoms with Crippen molar-refractivity contribution in [1.82, 2.24) is 24.1 Å². The van der Waals surface area contributed by atoms with Gasteiger partial charge in [-0.25, -0.2) is 14.6 Å². The lowest BCUT2D eigenvalue weighted by atomic mass is 10.3. The van der Waals surface area contributed by atoms with Crippen molar-refractivity contribution < 1.29 is 4.79 Å². The fourth-order valence-electron chi connectivity index (χ4n) is 2.96. The summed E-state index contributed by atoms with van der Waals surface area (Å²) in [6, 6.07) is 11.3. The number of hydrogen-bond acceptors (Lipinski definition) is 5. The molecule has 0 fully saturated rings. The van der Waals surface area contributed by atoms with Crippen LogP contribution in [0.2, 0.25) is 0 Å². The van der Waals surface area contributed by atoms with E-state index >= 15 is 0 Å². The van der Waals surface area contributed by atoms with E-state index in [9.17, 15) is 4.79 Å². The number of thioether (sulfide) groups is 1. The Morgan fingerprint density at radius 1 is 1.19 bits per heavy atom. The number of carbonyl (C=O) groups is 1. The molecule has 0 aliphatic heterocycles. The minimum atomic E-state index is -0.264. The average molecular weight is 378 g/mol. The van der Waals surface area contributed by atoms with Gasteiger partial charge in [-0.1, -0.05) is 17.8 Å². The molecule has 4 aromatic heterocycles. The zero-order valence-corrected chi connectivity index (χ0v) is 16.0. The molecule has 0 spiro atoms. The first-order valence-electron chi connectivity index (χ1n) is 8.39. The van der Waals surface area contributed by atoms with E-state index in [1.54, 1.807) is 10.9 Å². The van der Waals surface area contributed by atoms with Crippen LogP contribution in [0, 0.1) is 13.8 Å². The molecular weight excluding hydrogens is 360 g/mol. The molecule has 0 aliphatic carbocycles. The molecular formula is C19H18N6OS. The molecule has 0 bridgehead atoms. The molecule has 27 heavy (non-hydrogen) atoms. The van der Waals surface area contributed by atoms with E-state index in [0.717, 1.165) is 22.1 Å². The Morgan fingerprint density at radius 3 is 2.70 bits per heavy atom. The fourth-order valence-corrected chi connectivity index (χ4v) is 3.50. The van der Waals surface area contributed by atoms with E-state index in [0.29, 0.717) is 17.2 Å². The van der Waals surface area contributed by atoms with Crippen LogP contribution in [0.25, 0.3) is 11.3 Å². The molecule has 1 amide bonds. The van der Waals surface area contributed by atoms with Gasteiger partial charge in [-0.15, -0.1) is 0 Å². The van der Waals surface area contributed by atoms with Crippen LogP contribution in [-0.2, 0) is 0 Å². The molecule has 0 aliphatic rings. The number of amides is 1. The average Bonchev–Trinajstić information content (AvgIpc) is 3.22. The molecule has 4 aromatic rings. The number of hydrogen-bond donors (Lipinski definition) is 1. The van der Waals surface area contributed by atoms with Crippen molar-refractivity contribution in [3.63, 3.8) is 0 Å². The third-order valence-corrected chi connectivity index (χ3v) is 4.80. The van der Waals surface area contributed by atoms with Crippen molar-refractivity contribution in [3.05, 3.63) is 65.9 Å². The van der Waals surface area contributed by atoms with E-state index in [1.165, 1.54) is 11.8 Å². The first kappa shape index (κ1) is 17.3. The molecule has 4 heterocycles. The molecule has 0 unspecified atom stereocenters. The maximum Gasteiger partial charge on any atom is 0.276 e. The summed E-state index contributed by atoms with van der Waals surface area (Å²) in [5.41, 5.74) is 3.70. The van der Waals surface area contributed by atoms with Crippen molar-refractivity contribution in [3.8, 4) is 5.82 Å². The van der Waals surface area contributed by atoms with Gasteiger partial charge in [0.1, 0.15) is 0 Å². The van der Waals surface area contributed by atoms with Crippen molar-refractivity contribution in [1.29, 1.82) is 0 Å². The number of rotatable bonds is 4. The van der Waals surface area contributed by atoms with Gasteiger partial charge in [-0.05, 0) is 50.4 Å². The van der Waals surface area contributed by atoms with Crippen molar-refractivity contribution in [2.24, 2.45) is 0 Å². The van der Waals surface area contributed by atoms with Gasteiger partial charge in [-0.3, -0.25) is 9.20 Å². The van der Waals surface area contributed by atoms with Gasteiger partial charge in [0.15, 0.2) is 16.7 Å². The van der Waals surface area contributed by atoms with Crippen molar-refractivity contribution >= 4 is 28.9 Å². The highest BCUT2D eigenvalue weighted by Crippen LogP contribution is 2.21. The van der Waals surface area contributed by atoms with E-state index < -0.39 is 0 Å². The fraction of sp³-hybridized carbons (Fsp3) is 0.158. The van der Waals surface area contributed by atoms with E-state index in [2.05, 4.69) is 20.4 Å². The smallest absolute Gasteiger partial charge is 0.276 e. The lowest BCUT2D eigenvalue weighted by Crippen LogP contribution is -2.13. The first-order valence-corrected chi connectivity index (χ1v) is 9.61. The maximum atomic E-state index is 12.7. The molecule has 8 heteroatoms. The van der Waals surface area contributed by atoms with Gasteiger partial charge >= 0.3 is 0 Å². The number of aryl methyl sites for hydroxylation is 2. The first-order chi connectivity index (χ1) is 13.1. The molecule has 0 radical (unpaired) electrons. The number of pyridine rings is 2. The Kier molecular flexibility index (Phi) is 4.41. The molecule has 0 saturated heterocycles. The van der Waals surface area contributed by atoms with Gasteiger partial charge in [-0.2, -0.15) is 5.10 Å².